The first-order chi connectivity index (χ1) is 19.6. The summed E-state index contributed by atoms with van der Waals surface area (Å²) in [4.78, 5) is 19.0. The number of nitrogen functional groups attached to an aromatic ring is 1. The van der Waals surface area contributed by atoms with Gasteiger partial charge in [0.05, 0.1) is 28.8 Å². The van der Waals surface area contributed by atoms with Gasteiger partial charge in [0.2, 0.25) is 0 Å². The number of aromatic amines is 2. The molecule has 0 saturated carbocycles. The summed E-state index contributed by atoms with van der Waals surface area (Å²) >= 11 is 0. The molecule has 0 atom stereocenters. The van der Waals surface area contributed by atoms with Crippen LogP contribution in [0.4, 0.5) is 10.1 Å². The zero-order valence-corrected chi connectivity index (χ0v) is 21.7. The number of H-pyrrole nitrogens is 2. The van der Waals surface area contributed by atoms with Crippen molar-refractivity contribution in [3.63, 3.8) is 0 Å². The third-order valence-electron chi connectivity index (χ3n) is 7.37. The zero-order valence-electron chi connectivity index (χ0n) is 21.7. The van der Waals surface area contributed by atoms with Crippen LogP contribution in [-0.2, 0) is 0 Å². The molecule has 9 nitrogen and oxygen atoms in total. The van der Waals surface area contributed by atoms with E-state index >= 15 is 0 Å². The van der Waals surface area contributed by atoms with Crippen molar-refractivity contribution >= 4 is 27.6 Å². The van der Waals surface area contributed by atoms with Gasteiger partial charge in [-0.25, -0.2) is 9.37 Å². The molecule has 5 aromatic heterocycles. The second kappa shape index (κ2) is 10.0. The lowest BCUT2D eigenvalue weighted by Crippen LogP contribution is -2.25. The fraction of sp³-hybridized carbons (Fsp3) is 0.200. The van der Waals surface area contributed by atoms with Crippen LogP contribution in [0.15, 0.2) is 67.4 Å². The minimum Gasteiger partial charge on any atom is -0.492 e. The van der Waals surface area contributed by atoms with Gasteiger partial charge < -0.3 is 15.5 Å². The third-order valence-corrected chi connectivity index (χ3v) is 7.37. The van der Waals surface area contributed by atoms with Gasteiger partial charge in [0, 0.05) is 64.9 Å². The molecular weight excluding hydrogens is 507 g/mol. The van der Waals surface area contributed by atoms with Crippen molar-refractivity contribution in [2.75, 3.05) is 32.0 Å². The number of anilines is 1. The number of benzene rings is 1. The number of halogens is 1. The summed E-state index contributed by atoms with van der Waals surface area (Å²) in [7, 11) is 0. The highest BCUT2D eigenvalue weighted by Gasteiger charge is 2.16. The van der Waals surface area contributed by atoms with Gasteiger partial charge in [-0.2, -0.15) is 5.10 Å². The van der Waals surface area contributed by atoms with Crippen LogP contribution in [0.3, 0.4) is 0 Å². The molecule has 0 bridgehead atoms. The van der Waals surface area contributed by atoms with E-state index in [4.69, 9.17) is 10.5 Å². The lowest BCUT2D eigenvalue weighted by atomic mass is 10.0. The largest absolute Gasteiger partial charge is 0.492 e. The minimum atomic E-state index is -0.351. The number of likely N-dealkylation sites (tertiary alicyclic amines) is 1. The van der Waals surface area contributed by atoms with Crippen LogP contribution in [0.25, 0.3) is 55.6 Å². The Kier molecular flexibility index (Phi) is 6.09. The van der Waals surface area contributed by atoms with Gasteiger partial charge in [0.25, 0.3) is 0 Å². The Labute approximate surface area is 229 Å². The monoisotopic (exact) mass is 534 g/mol. The van der Waals surface area contributed by atoms with Gasteiger partial charge in [0.15, 0.2) is 5.65 Å². The summed E-state index contributed by atoms with van der Waals surface area (Å²) in [6.07, 6.45) is 11.1. The first-order valence-corrected chi connectivity index (χ1v) is 13.3. The number of hydrogen-bond acceptors (Lipinski definition) is 7. The van der Waals surface area contributed by atoms with Gasteiger partial charge in [0.1, 0.15) is 18.2 Å². The van der Waals surface area contributed by atoms with E-state index in [2.05, 4.69) is 35.0 Å². The number of hydrogen-bond donors (Lipinski definition) is 3. The predicted molar refractivity (Wildman–Crippen MR) is 153 cm³/mol. The maximum absolute atomic E-state index is 14.7. The van der Waals surface area contributed by atoms with Crippen LogP contribution in [-0.4, -0.2) is 61.3 Å². The molecule has 1 aliphatic rings. The Morgan fingerprint density at radius 2 is 1.73 bits per heavy atom. The SMILES string of the molecule is Nc1cncc(-c2cnc3n[nH]c(-c4cc5c(-c6cc(F)cc(OCCN7CCCC7)c6)cncc5[nH]4)c3c2)c1. The summed E-state index contributed by atoms with van der Waals surface area (Å²) in [5, 5.41) is 9.27. The molecule has 1 aliphatic heterocycles. The molecule has 1 saturated heterocycles. The Morgan fingerprint density at radius 1 is 0.875 bits per heavy atom. The van der Waals surface area contributed by atoms with Gasteiger partial charge in [-0.1, -0.05) is 0 Å². The molecule has 4 N–H and O–H groups in total. The van der Waals surface area contributed by atoms with E-state index < -0.39 is 0 Å². The number of nitrogens with zero attached hydrogens (tertiary/aromatic N) is 5. The lowest BCUT2D eigenvalue weighted by Gasteiger charge is -2.15. The molecule has 1 fully saturated rings. The normalized spacial score (nSPS) is 13.9. The quantitative estimate of drug-likeness (QED) is 0.250. The highest BCUT2D eigenvalue weighted by Crippen LogP contribution is 2.35. The van der Waals surface area contributed by atoms with Crippen LogP contribution in [0, 0.1) is 5.82 Å². The summed E-state index contributed by atoms with van der Waals surface area (Å²) in [5.41, 5.74) is 12.8. The van der Waals surface area contributed by atoms with Gasteiger partial charge in [-0.3, -0.25) is 20.0 Å². The number of nitrogens with one attached hydrogen (secondary N) is 2. The molecular formula is C30H27FN8O. The molecule has 0 amide bonds. The smallest absolute Gasteiger partial charge is 0.181 e. The molecule has 7 rings (SSSR count). The molecule has 0 unspecified atom stereocenters. The number of ether oxygens (including phenoxy) is 1. The molecule has 0 spiro atoms. The average molecular weight is 535 g/mol. The number of pyridine rings is 3. The van der Waals surface area contributed by atoms with Crippen molar-refractivity contribution in [1.82, 2.24) is 35.0 Å². The third kappa shape index (κ3) is 4.62. The average Bonchev–Trinajstić information content (AvgIpc) is 3.72. The maximum atomic E-state index is 14.7. The van der Waals surface area contributed by atoms with Crippen molar-refractivity contribution in [1.29, 1.82) is 0 Å². The molecule has 0 aliphatic carbocycles. The molecule has 200 valence electrons. The number of aromatic nitrogens is 6. The highest BCUT2D eigenvalue weighted by molar-refractivity contribution is 6.00. The van der Waals surface area contributed by atoms with Gasteiger partial charge in [-0.05, 0) is 61.8 Å². The molecule has 6 aromatic rings. The highest BCUT2D eigenvalue weighted by atomic mass is 19.1. The maximum Gasteiger partial charge on any atom is 0.181 e. The first kappa shape index (κ1) is 24.2. The van der Waals surface area contributed by atoms with Crippen molar-refractivity contribution in [2.45, 2.75) is 12.8 Å². The van der Waals surface area contributed by atoms with E-state index in [1.54, 1.807) is 31.0 Å². The van der Waals surface area contributed by atoms with Crippen molar-refractivity contribution in [2.24, 2.45) is 0 Å². The van der Waals surface area contributed by atoms with E-state index in [9.17, 15) is 4.39 Å². The summed E-state index contributed by atoms with van der Waals surface area (Å²) < 4.78 is 20.6. The van der Waals surface area contributed by atoms with Crippen LogP contribution >= 0.6 is 0 Å². The number of rotatable bonds is 7. The fourth-order valence-electron chi connectivity index (χ4n) is 5.39. The van der Waals surface area contributed by atoms with Crippen LogP contribution in [0.2, 0.25) is 0 Å². The van der Waals surface area contributed by atoms with E-state index in [1.165, 1.54) is 25.0 Å². The molecule has 10 heteroatoms. The van der Waals surface area contributed by atoms with E-state index in [0.717, 1.165) is 64.0 Å². The van der Waals surface area contributed by atoms with Crippen molar-refractivity contribution in [3.05, 3.63) is 73.2 Å². The second-order valence-electron chi connectivity index (χ2n) is 10.1. The summed E-state index contributed by atoms with van der Waals surface area (Å²) in [6, 6.07) is 10.7. The van der Waals surface area contributed by atoms with Crippen LogP contribution < -0.4 is 10.5 Å². The van der Waals surface area contributed by atoms with Gasteiger partial charge >= 0.3 is 0 Å². The lowest BCUT2D eigenvalue weighted by molar-refractivity contribution is 0.237. The Morgan fingerprint density at radius 3 is 2.60 bits per heavy atom. The van der Waals surface area contributed by atoms with Crippen LogP contribution in [0.1, 0.15) is 12.8 Å². The minimum absolute atomic E-state index is 0.351. The molecule has 40 heavy (non-hydrogen) atoms. The van der Waals surface area contributed by atoms with E-state index in [0.29, 0.717) is 29.3 Å². The predicted octanol–water partition coefficient (Wildman–Crippen LogP) is 5.43. The topological polar surface area (TPSA) is 122 Å². The first-order valence-electron chi connectivity index (χ1n) is 13.3. The zero-order chi connectivity index (χ0) is 27.1. The molecule has 1 aromatic carbocycles. The number of fused-ring (bicyclic) bond motifs is 2. The fourth-order valence-corrected chi connectivity index (χ4v) is 5.39. The standard InChI is InChI=1S/C30H27FN8O/c31-21-7-18(9-23(11-21)40-6-5-39-3-1-2-4-39)26-16-34-17-28-24(26)12-27(36-28)29-25-10-20(14-35-30(25)38-37-29)19-8-22(32)15-33-13-19/h7-17,36H,1-6,32H2,(H,35,37,38). The van der Waals surface area contributed by atoms with Crippen LogP contribution in [0.5, 0.6) is 5.75 Å². The summed E-state index contributed by atoms with van der Waals surface area (Å²) in [6.45, 7) is 3.56. The second-order valence-corrected chi connectivity index (χ2v) is 10.1. The Bertz CT molecular complexity index is 1840. The Balaban J connectivity index is 1.23. The van der Waals surface area contributed by atoms with E-state index in [-0.39, 0.29) is 5.82 Å². The van der Waals surface area contributed by atoms with E-state index in [1.807, 2.05) is 24.3 Å². The van der Waals surface area contributed by atoms with Crippen molar-refractivity contribution < 1.29 is 9.13 Å². The molecule has 6 heterocycles. The van der Waals surface area contributed by atoms with Gasteiger partial charge in [-0.15, -0.1) is 0 Å². The Hall–Kier alpha value is -4.83. The summed E-state index contributed by atoms with van der Waals surface area (Å²) in [5.74, 6) is 0.159. The molecule has 0 radical (unpaired) electrons. The number of nitrogens with two attached hydrogens (primary N) is 1. The van der Waals surface area contributed by atoms with Crippen molar-refractivity contribution in [3.8, 4) is 39.4 Å².